The summed E-state index contributed by atoms with van der Waals surface area (Å²) in [6, 6.07) is 12.6. The quantitative estimate of drug-likeness (QED) is 0.364. The summed E-state index contributed by atoms with van der Waals surface area (Å²) in [4.78, 5) is 4.72. The van der Waals surface area contributed by atoms with Gasteiger partial charge in [0.25, 0.3) is 0 Å². The molecule has 2 aromatic carbocycles. The molecular formula is C23H33N3O3. The molecule has 6 nitrogen and oxygen atoms in total. The van der Waals surface area contributed by atoms with Gasteiger partial charge in [0.2, 0.25) is 0 Å². The Balaban J connectivity index is 1.44. The van der Waals surface area contributed by atoms with E-state index in [1.807, 2.05) is 6.07 Å². The average Bonchev–Trinajstić information content (AvgIpc) is 3.27. The first kappa shape index (κ1) is 21.4. The van der Waals surface area contributed by atoms with Gasteiger partial charge >= 0.3 is 0 Å². The highest BCUT2D eigenvalue weighted by Gasteiger charge is 2.15. The number of methoxy groups -OCH3 is 1. The summed E-state index contributed by atoms with van der Waals surface area (Å²) >= 11 is 0. The van der Waals surface area contributed by atoms with Crippen molar-refractivity contribution in [2.75, 3.05) is 46.6 Å². The van der Waals surface area contributed by atoms with Gasteiger partial charge in [-0.3, -0.25) is 0 Å². The minimum absolute atomic E-state index is 0.574. The maximum Gasteiger partial charge on any atom is 0.191 e. The van der Waals surface area contributed by atoms with E-state index in [1.54, 1.807) is 7.11 Å². The van der Waals surface area contributed by atoms with Crippen molar-refractivity contribution in [3.8, 4) is 5.75 Å². The summed E-state index contributed by atoms with van der Waals surface area (Å²) in [6.45, 7) is 7.68. The SMILES string of the molecule is CCNC(=NCc1ccc2cc(OC)ccc2c1)NCCCOCC1CCOC1. The molecule has 0 radical (unpaired) electrons. The smallest absolute Gasteiger partial charge is 0.191 e. The number of aliphatic imine (C=N–C) groups is 1. The second-order valence-corrected chi connectivity index (χ2v) is 7.33. The third-order valence-electron chi connectivity index (χ3n) is 5.01. The van der Waals surface area contributed by atoms with Crippen molar-refractivity contribution in [1.82, 2.24) is 10.6 Å². The molecule has 3 rings (SSSR count). The van der Waals surface area contributed by atoms with Crippen molar-refractivity contribution in [3.05, 3.63) is 42.0 Å². The Kier molecular flexibility index (Phi) is 8.58. The van der Waals surface area contributed by atoms with Crippen molar-refractivity contribution >= 4 is 16.7 Å². The molecule has 0 aliphatic carbocycles. The summed E-state index contributed by atoms with van der Waals surface area (Å²) < 4.78 is 16.4. The summed E-state index contributed by atoms with van der Waals surface area (Å²) in [5, 5.41) is 9.06. The van der Waals surface area contributed by atoms with Crippen molar-refractivity contribution < 1.29 is 14.2 Å². The minimum atomic E-state index is 0.574. The van der Waals surface area contributed by atoms with E-state index in [2.05, 4.69) is 47.9 Å². The second-order valence-electron chi connectivity index (χ2n) is 7.33. The Hall–Kier alpha value is -2.31. The van der Waals surface area contributed by atoms with Crippen LogP contribution in [0.25, 0.3) is 10.8 Å². The molecule has 1 aliphatic rings. The van der Waals surface area contributed by atoms with Gasteiger partial charge < -0.3 is 24.8 Å². The van der Waals surface area contributed by atoms with Crippen LogP contribution >= 0.6 is 0 Å². The molecule has 1 atom stereocenters. The number of hydrogen-bond acceptors (Lipinski definition) is 4. The number of guanidine groups is 1. The molecule has 158 valence electrons. The largest absolute Gasteiger partial charge is 0.497 e. The van der Waals surface area contributed by atoms with Crippen molar-refractivity contribution in [2.45, 2.75) is 26.3 Å². The van der Waals surface area contributed by atoms with Gasteiger partial charge in [-0.2, -0.15) is 0 Å². The summed E-state index contributed by atoms with van der Waals surface area (Å²) in [5.74, 6) is 2.29. The molecule has 29 heavy (non-hydrogen) atoms. The third-order valence-corrected chi connectivity index (χ3v) is 5.01. The van der Waals surface area contributed by atoms with E-state index in [0.29, 0.717) is 12.5 Å². The van der Waals surface area contributed by atoms with Crippen LogP contribution in [-0.2, 0) is 16.0 Å². The zero-order chi connectivity index (χ0) is 20.3. The molecule has 1 fully saturated rings. The molecule has 1 unspecified atom stereocenters. The number of benzene rings is 2. The second kappa shape index (κ2) is 11.6. The highest BCUT2D eigenvalue weighted by atomic mass is 16.5. The van der Waals surface area contributed by atoms with Crippen LogP contribution in [-0.4, -0.2) is 52.6 Å². The number of ether oxygens (including phenoxy) is 3. The fourth-order valence-corrected chi connectivity index (χ4v) is 3.36. The van der Waals surface area contributed by atoms with Gasteiger partial charge in [0.1, 0.15) is 5.75 Å². The molecule has 0 aromatic heterocycles. The van der Waals surface area contributed by atoms with Crippen LogP contribution in [0.4, 0.5) is 0 Å². The molecule has 2 aromatic rings. The first-order valence-electron chi connectivity index (χ1n) is 10.5. The van der Waals surface area contributed by atoms with Gasteiger partial charge in [0.15, 0.2) is 5.96 Å². The first-order valence-corrected chi connectivity index (χ1v) is 10.5. The van der Waals surface area contributed by atoms with E-state index >= 15 is 0 Å². The number of nitrogens with one attached hydrogen (secondary N) is 2. The van der Waals surface area contributed by atoms with Crippen LogP contribution in [0.1, 0.15) is 25.3 Å². The lowest BCUT2D eigenvalue weighted by molar-refractivity contribution is 0.0888. The van der Waals surface area contributed by atoms with Crippen LogP contribution in [0.3, 0.4) is 0 Å². The lowest BCUT2D eigenvalue weighted by atomic mass is 10.1. The fraction of sp³-hybridized carbons (Fsp3) is 0.522. The lowest BCUT2D eigenvalue weighted by Crippen LogP contribution is -2.38. The zero-order valence-corrected chi connectivity index (χ0v) is 17.6. The molecule has 0 saturated carbocycles. The number of rotatable bonds is 10. The predicted octanol–water partition coefficient (Wildman–Crippen LogP) is 3.35. The van der Waals surface area contributed by atoms with Crippen LogP contribution in [0.5, 0.6) is 5.75 Å². The molecule has 0 spiro atoms. The normalized spacial score (nSPS) is 16.9. The fourth-order valence-electron chi connectivity index (χ4n) is 3.36. The van der Waals surface area contributed by atoms with Gasteiger partial charge in [0, 0.05) is 32.2 Å². The Labute approximate surface area is 173 Å². The van der Waals surface area contributed by atoms with Gasteiger partial charge in [-0.25, -0.2) is 4.99 Å². The Morgan fingerprint density at radius 3 is 2.83 bits per heavy atom. The van der Waals surface area contributed by atoms with E-state index < -0.39 is 0 Å². The lowest BCUT2D eigenvalue weighted by Gasteiger charge is -2.12. The van der Waals surface area contributed by atoms with Crippen LogP contribution in [0.2, 0.25) is 0 Å². The predicted molar refractivity (Wildman–Crippen MR) is 118 cm³/mol. The van der Waals surface area contributed by atoms with Crippen molar-refractivity contribution in [1.29, 1.82) is 0 Å². The third kappa shape index (κ3) is 6.91. The Morgan fingerprint density at radius 2 is 2.03 bits per heavy atom. The van der Waals surface area contributed by atoms with E-state index in [4.69, 9.17) is 19.2 Å². The van der Waals surface area contributed by atoms with Gasteiger partial charge in [-0.15, -0.1) is 0 Å². The van der Waals surface area contributed by atoms with Crippen molar-refractivity contribution in [2.24, 2.45) is 10.9 Å². The molecule has 1 saturated heterocycles. The summed E-state index contributed by atoms with van der Waals surface area (Å²) in [5.41, 5.74) is 1.18. The van der Waals surface area contributed by atoms with Crippen molar-refractivity contribution in [3.63, 3.8) is 0 Å². The van der Waals surface area contributed by atoms with E-state index in [-0.39, 0.29) is 0 Å². The Morgan fingerprint density at radius 1 is 1.17 bits per heavy atom. The average molecular weight is 400 g/mol. The first-order chi connectivity index (χ1) is 14.3. The molecular weight excluding hydrogens is 366 g/mol. The van der Waals surface area contributed by atoms with E-state index in [0.717, 1.165) is 64.1 Å². The maximum absolute atomic E-state index is 5.76. The number of fused-ring (bicyclic) bond motifs is 1. The number of hydrogen-bond donors (Lipinski definition) is 2. The molecule has 6 heteroatoms. The van der Waals surface area contributed by atoms with Gasteiger partial charge in [0.05, 0.1) is 26.9 Å². The maximum atomic E-state index is 5.76. The van der Waals surface area contributed by atoms with Crippen LogP contribution in [0.15, 0.2) is 41.4 Å². The van der Waals surface area contributed by atoms with Crippen LogP contribution in [0, 0.1) is 5.92 Å². The highest BCUT2D eigenvalue weighted by Crippen LogP contribution is 2.22. The number of nitrogens with zero attached hydrogens (tertiary/aromatic N) is 1. The topological polar surface area (TPSA) is 64.1 Å². The molecule has 0 amide bonds. The van der Waals surface area contributed by atoms with E-state index in [1.165, 1.54) is 16.3 Å². The standard InChI is InChI=1S/C23H33N3O3/c1-3-24-23(25-10-4-11-28-16-19-9-12-29-17-19)26-15-18-5-6-21-14-22(27-2)8-7-20(21)13-18/h5-8,13-14,19H,3-4,9-12,15-17H2,1-2H3,(H2,24,25,26). The van der Waals surface area contributed by atoms with Gasteiger partial charge in [-0.05, 0) is 54.3 Å². The zero-order valence-electron chi connectivity index (χ0n) is 17.6. The van der Waals surface area contributed by atoms with Crippen LogP contribution < -0.4 is 15.4 Å². The molecule has 2 N–H and O–H groups in total. The Bertz CT molecular complexity index is 788. The monoisotopic (exact) mass is 399 g/mol. The highest BCUT2D eigenvalue weighted by molar-refractivity contribution is 5.84. The molecule has 1 heterocycles. The minimum Gasteiger partial charge on any atom is -0.497 e. The van der Waals surface area contributed by atoms with E-state index in [9.17, 15) is 0 Å². The van der Waals surface area contributed by atoms with Gasteiger partial charge in [-0.1, -0.05) is 18.2 Å². The molecule has 1 aliphatic heterocycles. The summed E-state index contributed by atoms with van der Waals surface area (Å²) in [6.07, 6.45) is 2.08. The molecule has 0 bridgehead atoms. The summed E-state index contributed by atoms with van der Waals surface area (Å²) in [7, 11) is 1.69.